The molecule has 0 rings (SSSR count). The van der Waals surface area contributed by atoms with Crippen LogP contribution in [0.1, 0.15) is 47.0 Å². The molecule has 0 fully saturated rings. The number of aliphatic carboxylic acids is 1. The summed E-state index contributed by atoms with van der Waals surface area (Å²) in [6, 6.07) is 0. The van der Waals surface area contributed by atoms with Gasteiger partial charge in [0.2, 0.25) is 0 Å². The van der Waals surface area contributed by atoms with Gasteiger partial charge < -0.3 is 15.2 Å². The van der Waals surface area contributed by atoms with Crippen LogP contribution in [0.15, 0.2) is 0 Å². The van der Waals surface area contributed by atoms with E-state index in [9.17, 15) is 4.79 Å². The van der Waals surface area contributed by atoms with Gasteiger partial charge in [-0.15, -0.1) is 0 Å². The molecule has 0 spiro atoms. The van der Waals surface area contributed by atoms with E-state index < -0.39 is 5.97 Å². The Hall–Kier alpha value is -0.610. The minimum Gasteiger partial charge on any atom is -0.481 e. The van der Waals surface area contributed by atoms with Gasteiger partial charge in [0.05, 0.1) is 5.60 Å². The molecule has 0 aliphatic carbocycles. The van der Waals surface area contributed by atoms with E-state index >= 15 is 0 Å². The summed E-state index contributed by atoms with van der Waals surface area (Å²) in [6.45, 7) is 8.73. The molecule has 0 atom stereocenters. The maximum Gasteiger partial charge on any atom is 0.303 e. The topological polar surface area (TPSA) is 58.6 Å². The fourth-order valence-corrected chi connectivity index (χ4v) is 1.19. The molecule has 0 aromatic rings. The summed E-state index contributed by atoms with van der Waals surface area (Å²) < 4.78 is 5.71. The van der Waals surface area contributed by atoms with Crippen molar-refractivity contribution in [2.75, 3.05) is 13.7 Å². The van der Waals surface area contributed by atoms with Crippen molar-refractivity contribution < 1.29 is 14.6 Å². The quantitative estimate of drug-likeness (QED) is 0.671. The number of rotatable bonds is 8. The minimum absolute atomic E-state index is 0.0584. The van der Waals surface area contributed by atoms with Gasteiger partial charge in [0.1, 0.15) is 0 Å². The molecule has 0 unspecified atom stereocenters. The first kappa shape index (κ1) is 15.4. The number of carboxylic acid groups (broad SMARTS) is 1. The van der Waals surface area contributed by atoms with Crippen LogP contribution in [0.5, 0.6) is 0 Å². The van der Waals surface area contributed by atoms with Crippen LogP contribution >= 0.6 is 0 Å². The Labute approximate surface area is 98.4 Å². The van der Waals surface area contributed by atoms with Gasteiger partial charge in [-0.1, -0.05) is 0 Å². The largest absolute Gasteiger partial charge is 0.481 e. The van der Waals surface area contributed by atoms with Crippen LogP contribution in [0.4, 0.5) is 0 Å². The molecule has 16 heavy (non-hydrogen) atoms. The molecule has 0 amide bonds. The number of carboxylic acids is 1. The monoisotopic (exact) mass is 231 g/mol. The Morgan fingerprint density at radius 2 is 1.81 bits per heavy atom. The van der Waals surface area contributed by atoms with E-state index in [0.717, 1.165) is 6.42 Å². The lowest BCUT2D eigenvalue weighted by Crippen LogP contribution is -2.38. The molecule has 4 nitrogen and oxygen atoms in total. The normalized spacial score (nSPS) is 12.8. The standard InChI is InChI=1S/C12H25NO3/c1-11(2,13-5)8-9-16-12(3,4)7-6-10(14)15/h13H,6-9H2,1-5H3,(H,14,15). The zero-order valence-electron chi connectivity index (χ0n) is 11.1. The zero-order valence-corrected chi connectivity index (χ0v) is 11.1. The molecule has 0 bridgehead atoms. The summed E-state index contributed by atoms with van der Waals surface area (Å²) in [7, 11) is 1.93. The second-order valence-corrected chi connectivity index (χ2v) is 5.39. The highest BCUT2D eigenvalue weighted by molar-refractivity contribution is 5.66. The third-order valence-electron chi connectivity index (χ3n) is 2.84. The van der Waals surface area contributed by atoms with Crippen molar-refractivity contribution in [1.82, 2.24) is 5.32 Å². The van der Waals surface area contributed by atoms with Crippen molar-refractivity contribution in [2.24, 2.45) is 0 Å². The van der Waals surface area contributed by atoms with E-state index in [-0.39, 0.29) is 17.6 Å². The molecule has 2 N–H and O–H groups in total. The van der Waals surface area contributed by atoms with E-state index in [2.05, 4.69) is 19.2 Å². The second kappa shape index (κ2) is 6.21. The molecule has 0 aromatic heterocycles. The summed E-state index contributed by atoms with van der Waals surface area (Å²) in [5.74, 6) is -0.771. The molecule has 4 heteroatoms. The smallest absolute Gasteiger partial charge is 0.303 e. The minimum atomic E-state index is -0.771. The number of nitrogens with one attached hydrogen (secondary N) is 1. The highest BCUT2D eigenvalue weighted by atomic mass is 16.5. The van der Waals surface area contributed by atoms with Gasteiger partial charge in [-0.05, 0) is 47.6 Å². The fraction of sp³-hybridized carbons (Fsp3) is 0.917. The maximum absolute atomic E-state index is 10.5. The number of hydrogen-bond acceptors (Lipinski definition) is 3. The summed E-state index contributed by atoms with van der Waals surface area (Å²) in [5.41, 5.74) is -0.301. The van der Waals surface area contributed by atoms with Gasteiger partial charge in [-0.3, -0.25) is 4.79 Å². The van der Waals surface area contributed by atoms with E-state index in [1.54, 1.807) is 0 Å². The first-order valence-electron chi connectivity index (χ1n) is 5.73. The average Bonchev–Trinajstić information content (AvgIpc) is 2.14. The Bertz CT molecular complexity index is 224. The van der Waals surface area contributed by atoms with Gasteiger partial charge in [0.15, 0.2) is 0 Å². The first-order valence-corrected chi connectivity index (χ1v) is 5.73. The van der Waals surface area contributed by atoms with E-state index in [0.29, 0.717) is 13.0 Å². The SMILES string of the molecule is CNC(C)(C)CCOC(C)(C)CCC(=O)O. The van der Waals surface area contributed by atoms with Gasteiger partial charge in [-0.2, -0.15) is 0 Å². The lowest BCUT2D eigenvalue weighted by molar-refractivity contribution is -0.138. The molecule has 0 heterocycles. The lowest BCUT2D eigenvalue weighted by atomic mass is 10.0. The van der Waals surface area contributed by atoms with Crippen molar-refractivity contribution in [3.63, 3.8) is 0 Å². The summed E-state index contributed by atoms with van der Waals surface area (Å²) in [5, 5.41) is 11.8. The van der Waals surface area contributed by atoms with Crippen molar-refractivity contribution in [2.45, 2.75) is 58.1 Å². The van der Waals surface area contributed by atoms with E-state index in [1.807, 2.05) is 20.9 Å². The summed E-state index contributed by atoms with van der Waals surface area (Å²) in [4.78, 5) is 10.5. The molecular weight excluding hydrogens is 206 g/mol. The zero-order chi connectivity index (χ0) is 12.8. The van der Waals surface area contributed by atoms with Crippen LogP contribution in [0.2, 0.25) is 0 Å². The second-order valence-electron chi connectivity index (χ2n) is 5.39. The van der Waals surface area contributed by atoms with E-state index in [1.165, 1.54) is 0 Å². The van der Waals surface area contributed by atoms with Crippen LogP contribution in [-0.4, -0.2) is 35.9 Å². The highest BCUT2D eigenvalue weighted by Gasteiger charge is 2.21. The average molecular weight is 231 g/mol. The van der Waals surface area contributed by atoms with Crippen LogP contribution in [0.3, 0.4) is 0 Å². The third kappa shape index (κ3) is 7.65. The first-order chi connectivity index (χ1) is 7.18. The van der Waals surface area contributed by atoms with Crippen molar-refractivity contribution in [3.05, 3.63) is 0 Å². The van der Waals surface area contributed by atoms with Crippen LogP contribution in [0, 0.1) is 0 Å². The Morgan fingerprint density at radius 3 is 2.25 bits per heavy atom. The van der Waals surface area contributed by atoms with Crippen LogP contribution < -0.4 is 5.32 Å². The third-order valence-corrected chi connectivity index (χ3v) is 2.84. The Kier molecular flexibility index (Phi) is 5.97. The molecule has 0 aliphatic heterocycles. The number of carbonyl (C=O) groups is 1. The number of hydrogen-bond donors (Lipinski definition) is 2. The van der Waals surface area contributed by atoms with Gasteiger partial charge >= 0.3 is 5.97 Å². The Balaban J connectivity index is 3.86. The van der Waals surface area contributed by atoms with Crippen LogP contribution in [0.25, 0.3) is 0 Å². The van der Waals surface area contributed by atoms with Crippen molar-refractivity contribution >= 4 is 5.97 Å². The van der Waals surface area contributed by atoms with Gasteiger partial charge in [0.25, 0.3) is 0 Å². The van der Waals surface area contributed by atoms with Crippen molar-refractivity contribution in [3.8, 4) is 0 Å². The number of ether oxygens (including phenoxy) is 1. The predicted molar refractivity (Wildman–Crippen MR) is 64.7 cm³/mol. The molecule has 0 saturated carbocycles. The molecule has 0 radical (unpaired) electrons. The molecule has 96 valence electrons. The summed E-state index contributed by atoms with van der Waals surface area (Å²) in [6.07, 6.45) is 1.60. The predicted octanol–water partition coefficient (Wildman–Crippen LogP) is 2.03. The molecular formula is C12H25NO3. The summed E-state index contributed by atoms with van der Waals surface area (Å²) >= 11 is 0. The molecule has 0 saturated heterocycles. The molecule has 0 aliphatic rings. The van der Waals surface area contributed by atoms with Crippen LogP contribution in [-0.2, 0) is 9.53 Å². The van der Waals surface area contributed by atoms with Gasteiger partial charge in [0, 0.05) is 18.6 Å². The van der Waals surface area contributed by atoms with Gasteiger partial charge in [-0.25, -0.2) is 0 Å². The maximum atomic E-state index is 10.5. The highest BCUT2D eigenvalue weighted by Crippen LogP contribution is 2.18. The lowest BCUT2D eigenvalue weighted by Gasteiger charge is -2.29. The molecule has 0 aromatic carbocycles. The Morgan fingerprint density at radius 1 is 1.25 bits per heavy atom. The fourth-order valence-electron chi connectivity index (χ4n) is 1.19. The van der Waals surface area contributed by atoms with E-state index in [4.69, 9.17) is 9.84 Å². The van der Waals surface area contributed by atoms with Crippen molar-refractivity contribution in [1.29, 1.82) is 0 Å².